The van der Waals surface area contributed by atoms with Crippen molar-refractivity contribution in [1.82, 2.24) is 5.32 Å². The number of hydrogen-bond donors (Lipinski definition) is 1. The standard InChI is InChI=1S/C16H15F3IN/c1-2-21-16(14-4-3-11(17)9-15(14)20)7-10-5-12(18)8-13(19)6-10/h3-6,8-9,16,21H,2,7H2,1H3. The zero-order chi connectivity index (χ0) is 15.4. The number of likely N-dealkylation sites (N-methyl/N-ethyl adjacent to an activating group) is 1. The minimum Gasteiger partial charge on any atom is -0.310 e. The van der Waals surface area contributed by atoms with Crippen molar-refractivity contribution in [2.45, 2.75) is 19.4 Å². The van der Waals surface area contributed by atoms with Crippen molar-refractivity contribution in [2.24, 2.45) is 0 Å². The van der Waals surface area contributed by atoms with Crippen LogP contribution in [0.15, 0.2) is 36.4 Å². The quantitative estimate of drug-likeness (QED) is 0.718. The third-order valence-electron chi connectivity index (χ3n) is 3.15. The van der Waals surface area contributed by atoms with E-state index >= 15 is 0 Å². The summed E-state index contributed by atoms with van der Waals surface area (Å²) in [6.07, 6.45) is 0.435. The van der Waals surface area contributed by atoms with Gasteiger partial charge >= 0.3 is 0 Å². The minimum absolute atomic E-state index is 0.122. The van der Waals surface area contributed by atoms with Crippen LogP contribution in [-0.2, 0) is 6.42 Å². The highest BCUT2D eigenvalue weighted by Crippen LogP contribution is 2.25. The highest BCUT2D eigenvalue weighted by atomic mass is 127. The van der Waals surface area contributed by atoms with E-state index < -0.39 is 11.6 Å². The molecule has 0 radical (unpaired) electrons. The number of nitrogens with one attached hydrogen (secondary N) is 1. The highest BCUT2D eigenvalue weighted by molar-refractivity contribution is 14.1. The SMILES string of the molecule is CCNC(Cc1cc(F)cc(F)c1)c1ccc(F)cc1I. The molecule has 0 heterocycles. The summed E-state index contributed by atoms with van der Waals surface area (Å²) in [6, 6.07) is 7.94. The molecule has 0 aliphatic heterocycles. The van der Waals surface area contributed by atoms with Crippen molar-refractivity contribution in [3.63, 3.8) is 0 Å². The van der Waals surface area contributed by atoms with Crippen LogP contribution < -0.4 is 5.32 Å². The summed E-state index contributed by atoms with van der Waals surface area (Å²) >= 11 is 2.07. The van der Waals surface area contributed by atoms with Gasteiger partial charge in [-0.1, -0.05) is 13.0 Å². The zero-order valence-electron chi connectivity index (χ0n) is 11.5. The molecule has 0 bridgehead atoms. The summed E-state index contributed by atoms with van der Waals surface area (Å²) in [5.74, 6) is -1.47. The van der Waals surface area contributed by atoms with Gasteiger partial charge in [-0.15, -0.1) is 0 Å². The van der Waals surface area contributed by atoms with Crippen LogP contribution in [0.5, 0.6) is 0 Å². The number of benzene rings is 2. The fraction of sp³-hybridized carbons (Fsp3) is 0.250. The van der Waals surface area contributed by atoms with Crippen LogP contribution in [0, 0.1) is 21.0 Å². The summed E-state index contributed by atoms with van der Waals surface area (Å²) in [5.41, 5.74) is 1.49. The van der Waals surface area contributed by atoms with E-state index in [1.54, 1.807) is 6.07 Å². The Balaban J connectivity index is 2.30. The molecule has 5 heteroatoms. The number of hydrogen-bond acceptors (Lipinski definition) is 1. The lowest BCUT2D eigenvalue weighted by Gasteiger charge is -2.20. The van der Waals surface area contributed by atoms with Crippen molar-refractivity contribution in [1.29, 1.82) is 0 Å². The Bertz CT molecular complexity index is 611. The first-order valence-corrected chi connectivity index (χ1v) is 7.70. The molecule has 1 atom stereocenters. The van der Waals surface area contributed by atoms with Crippen LogP contribution in [0.1, 0.15) is 24.1 Å². The van der Waals surface area contributed by atoms with Crippen molar-refractivity contribution in [3.8, 4) is 0 Å². The van der Waals surface area contributed by atoms with Gasteiger partial charge in [0.25, 0.3) is 0 Å². The van der Waals surface area contributed by atoms with Gasteiger partial charge in [0.2, 0.25) is 0 Å². The average molecular weight is 405 g/mol. The molecule has 2 aromatic carbocycles. The van der Waals surface area contributed by atoms with Gasteiger partial charge in [0, 0.05) is 15.7 Å². The smallest absolute Gasteiger partial charge is 0.126 e. The lowest BCUT2D eigenvalue weighted by molar-refractivity contribution is 0.535. The molecule has 2 aromatic rings. The maximum Gasteiger partial charge on any atom is 0.126 e. The van der Waals surface area contributed by atoms with Crippen molar-refractivity contribution in [2.75, 3.05) is 6.54 Å². The molecule has 0 aliphatic rings. The van der Waals surface area contributed by atoms with Gasteiger partial charge < -0.3 is 5.32 Å². The van der Waals surface area contributed by atoms with E-state index in [-0.39, 0.29) is 11.9 Å². The van der Waals surface area contributed by atoms with E-state index in [1.165, 1.54) is 24.3 Å². The van der Waals surface area contributed by atoms with Crippen molar-refractivity contribution < 1.29 is 13.2 Å². The molecule has 0 saturated carbocycles. The fourth-order valence-electron chi connectivity index (χ4n) is 2.29. The molecule has 0 aliphatic carbocycles. The van der Waals surface area contributed by atoms with Gasteiger partial charge in [-0.05, 0) is 70.9 Å². The van der Waals surface area contributed by atoms with Gasteiger partial charge in [-0.3, -0.25) is 0 Å². The van der Waals surface area contributed by atoms with Gasteiger partial charge in [0.05, 0.1) is 0 Å². The predicted molar refractivity (Wildman–Crippen MR) is 85.6 cm³/mol. The van der Waals surface area contributed by atoms with Gasteiger partial charge in [0.1, 0.15) is 17.5 Å². The largest absolute Gasteiger partial charge is 0.310 e. The molecule has 21 heavy (non-hydrogen) atoms. The van der Waals surface area contributed by atoms with E-state index in [9.17, 15) is 13.2 Å². The van der Waals surface area contributed by atoms with Crippen LogP contribution in [0.25, 0.3) is 0 Å². The van der Waals surface area contributed by atoms with E-state index in [2.05, 4.69) is 27.9 Å². The second-order valence-electron chi connectivity index (χ2n) is 4.76. The third kappa shape index (κ3) is 4.44. The van der Waals surface area contributed by atoms with E-state index in [4.69, 9.17) is 0 Å². The molecule has 0 spiro atoms. The molecule has 0 saturated heterocycles. The zero-order valence-corrected chi connectivity index (χ0v) is 13.6. The summed E-state index contributed by atoms with van der Waals surface area (Å²) in [7, 11) is 0. The lowest BCUT2D eigenvalue weighted by atomic mass is 9.98. The lowest BCUT2D eigenvalue weighted by Crippen LogP contribution is -2.24. The van der Waals surface area contributed by atoms with Crippen LogP contribution in [0.4, 0.5) is 13.2 Å². The Morgan fingerprint density at radius 3 is 2.24 bits per heavy atom. The molecular weight excluding hydrogens is 390 g/mol. The topological polar surface area (TPSA) is 12.0 Å². The maximum absolute atomic E-state index is 13.3. The Hall–Kier alpha value is -1.08. The first kappa shape index (κ1) is 16.3. The molecule has 0 aromatic heterocycles. The third-order valence-corrected chi connectivity index (χ3v) is 4.08. The van der Waals surface area contributed by atoms with Crippen molar-refractivity contribution >= 4 is 22.6 Å². The predicted octanol–water partition coefficient (Wildman–Crippen LogP) is 4.60. The van der Waals surface area contributed by atoms with Gasteiger partial charge in [0.15, 0.2) is 0 Å². The second kappa shape index (κ2) is 7.26. The summed E-state index contributed by atoms with van der Waals surface area (Å²) < 4.78 is 40.6. The number of halogens is 4. The monoisotopic (exact) mass is 405 g/mol. The fourth-order valence-corrected chi connectivity index (χ4v) is 3.14. The molecule has 112 valence electrons. The molecule has 1 nitrogen and oxygen atoms in total. The summed E-state index contributed by atoms with van der Waals surface area (Å²) in [5, 5.41) is 3.27. The molecule has 2 rings (SSSR count). The van der Waals surface area contributed by atoms with Gasteiger partial charge in [-0.25, -0.2) is 13.2 Å². The second-order valence-corrected chi connectivity index (χ2v) is 5.92. The van der Waals surface area contributed by atoms with Crippen LogP contribution >= 0.6 is 22.6 Å². The molecule has 1 unspecified atom stereocenters. The minimum atomic E-state index is -0.589. The first-order chi connectivity index (χ1) is 9.99. The van der Waals surface area contributed by atoms with E-state index in [0.29, 0.717) is 18.5 Å². The molecule has 0 amide bonds. The highest BCUT2D eigenvalue weighted by Gasteiger charge is 2.15. The normalized spacial score (nSPS) is 12.4. The van der Waals surface area contributed by atoms with Crippen LogP contribution in [0.2, 0.25) is 0 Å². The maximum atomic E-state index is 13.3. The summed E-state index contributed by atoms with van der Waals surface area (Å²) in [6.45, 7) is 2.66. The Morgan fingerprint density at radius 2 is 1.67 bits per heavy atom. The van der Waals surface area contributed by atoms with E-state index in [0.717, 1.165) is 15.2 Å². The van der Waals surface area contributed by atoms with E-state index in [1.807, 2.05) is 6.92 Å². The Labute approximate surface area is 135 Å². The molecule has 1 N–H and O–H groups in total. The van der Waals surface area contributed by atoms with Crippen molar-refractivity contribution in [3.05, 3.63) is 68.5 Å². The average Bonchev–Trinajstić information content (AvgIpc) is 2.37. The first-order valence-electron chi connectivity index (χ1n) is 6.63. The summed E-state index contributed by atoms with van der Waals surface area (Å²) in [4.78, 5) is 0. The molecular formula is C16H15F3IN. The number of rotatable bonds is 5. The van der Waals surface area contributed by atoms with Crippen LogP contribution in [0.3, 0.4) is 0 Å². The Kier molecular flexibility index (Phi) is 5.64. The molecule has 0 fully saturated rings. The van der Waals surface area contributed by atoms with Gasteiger partial charge in [-0.2, -0.15) is 0 Å². The Morgan fingerprint density at radius 1 is 1.00 bits per heavy atom. The van der Waals surface area contributed by atoms with Crippen LogP contribution in [-0.4, -0.2) is 6.54 Å².